The van der Waals surface area contributed by atoms with Gasteiger partial charge in [0, 0.05) is 6.42 Å². The van der Waals surface area contributed by atoms with E-state index in [1.165, 1.54) is 4.90 Å². The Bertz CT molecular complexity index is 503. The molecule has 0 aliphatic carbocycles. The molecule has 5 heteroatoms. The van der Waals surface area contributed by atoms with Gasteiger partial charge in [-0.15, -0.1) is 0 Å². The molecule has 2 aliphatic rings. The van der Waals surface area contributed by atoms with Crippen LogP contribution in [0.4, 0.5) is 0 Å². The van der Waals surface area contributed by atoms with Crippen LogP contribution in [0.5, 0.6) is 11.5 Å². The Morgan fingerprint density at radius 1 is 1.30 bits per heavy atom. The number of hydrogen-bond donors (Lipinski definition) is 1. The molecule has 2 heterocycles. The molecular formula is C15H20NO4+. The molecule has 5 nitrogen and oxygen atoms in total. The first-order valence-electron chi connectivity index (χ1n) is 7.14. The van der Waals surface area contributed by atoms with E-state index in [4.69, 9.17) is 14.2 Å². The van der Waals surface area contributed by atoms with E-state index in [1.807, 2.05) is 0 Å². The Morgan fingerprint density at radius 3 is 2.90 bits per heavy atom. The molecule has 20 heavy (non-hydrogen) atoms. The highest BCUT2D eigenvalue weighted by atomic mass is 16.6. The zero-order chi connectivity index (χ0) is 13.9. The van der Waals surface area contributed by atoms with Crippen LogP contribution in [-0.4, -0.2) is 45.4 Å². The van der Waals surface area contributed by atoms with Crippen molar-refractivity contribution in [2.24, 2.45) is 0 Å². The van der Waals surface area contributed by atoms with Gasteiger partial charge in [-0.25, -0.2) is 4.79 Å². The zero-order valence-electron chi connectivity index (χ0n) is 11.7. The Kier molecular flexibility index (Phi) is 3.78. The van der Waals surface area contributed by atoms with Gasteiger partial charge >= 0.3 is 5.97 Å². The summed E-state index contributed by atoms with van der Waals surface area (Å²) >= 11 is 0. The number of fused-ring (bicyclic) bond motifs is 1. The molecule has 1 N–H and O–H groups in total. The van der Waals surface area contributed by atoms with Gasteiger partial charge in [-0.05, 0) is 24.6 Å². The number of carbonyl (C=O) groups excluding carboxylic acids is 1. The molecule has 0 radical (unpaired) electrons. The second kappa shape index (κ2) is 5.71. The number of carbonyl (C=O) groups is 1. The Hall–Kier alpha value is -1.75. The van der Waals surface area contributed by atoms with Crippen LogP contribution in [0.25, 0.3) is 0 Å². The third-order valence-corrected chi connectivity index (χ3v) is 3.76. The number of piperidine rings is 1. The molecule has 1 aromatic rings. The van der Waals surface area contributed by atoms with Crippen LogP contribution in [-0.2, 0) is 4.74 Å². The molecule has 0 amide bonds. The Balaban J connectivity index is 1.67. The normalized spacial score (nSPS) is 25.1. The van der Waals surface area contributed by atoms with Gasteiger partial charge in [0.15, 0.2) is 17.6 Å². The van der Waals surface area contributed by atoms with Crippen molar-refractivity contribution in [3.63, 3.8) is 0 Å². The minimum atomic E-state index is -0.276. The monoisotopic (exact) mass is 278 g/mol. The summed E-state index contributed by atoms with van der Waals surface area (Å²) in [5.74, 6) is 1.04. The van der Waals surface area contributed by atoms with Crippen LogP contribution in [0, 0.1) is 0 Å². The molecule has 0 spiro atoms. The van der Waals surface area contributed by atoms with Gasteiger partial charge < -0.3 is 19.1 Å². The van der Waals surface area contributed by atoms with Crippen molar-refractivity contribution >= 4 is 5.97 Å². The molecule has 2 atom stereocenters. The minimum absolute atomic E-state index is 0.0180. The lowest BCUT2D eigenvalue weighted by atomic mass is 10.1. The second-order valence-corrected chi connectivity index (χ2v) is 5.44. The lowest BCUT2D eigenvalue weighted by Gasteiger charge is -2.26. The van der Waals surface area contributed by atoms with Crippen LogP contribution in [0.1, 0.15) is 23.2 Å². The molecule has 2 aliphatic heterocycles. The molecule has 1 saturated heterocycles. The predicted octanol–water partition coefficient (Wildman–Crippen LogP) is 0.292. The van der Waals surface area contributed by atoms with Gasteiger partial charge in [0.2, 0.25) is 0 Å². The molecule has 1 fully saturated rings. The van der Waals surface area contributed by atoms with Crippen LogP contribution >= 0.6 is 0 Å². The molecule has 2 unspecified atom stereocenters. The van der Waals surface area contributed by atoms with E-state index in [0.717, 1.165) is 25.9 Å². The number of likely N-dealkylation sites (tertiary alicyclic amines) is 1. The third-order valence-electron chi connectivity index (χ3n) is 3.76. The summed E-state index contributed by atoms with van der Waals surface area (Å²) in [6.45, 7) is 3.10. The van der Waals surface area contributed by atoms with Crippen LogP contribution in [0.3, 0.4) is 0 Å². The highest BCUT2D eigenvalue weighted by Gasteiger charge is 2.25. The topological polar surface area (TPSA) is 49.2 Å². The average Bonchev–Trinajstić information content (AvgIpc) is 2.47. The van der Waals surface area contributed by atoms with Crippen LogP contribution < -0.4 is 14.4 Å². The Morgan fingerprint density at radius 2 is 2.10 bits per heavy atom. The zero-order valence-corrected chi connectivity index (χ0v) is 11.7. The number of ether oxygens (including phenoxy) is 3. The van der Waals surface area contributed by atoms with Crippen molar-refractivity contribution in [2.45, 2.75) is 18.9 Å². The number of quaternary nitrogens is 1. The summed E-state index contributed by atoms with van der Waals surface area (Å²) in [5, 5.41) is 0. The van der Waals surface area contributed by atoms with Gasteiger partial charge in [-0.3, -0.25) is 0 Å². The number of likely N-dealkylation sites (N-methyl/N-ethyl adjacent to an activating group) is 1. The van der Waals surface area contributed by atoms with Crippen LogP contribution in [0.2, 0.25) is 0 Å². The molecule has 3 rings (SSSR count). The van der Waals surface area contributed by atoms with E-state index in [2.05, 4.69) is 7.05 Å². The number of benzene rings is 1. The maximum absolute atomic E-state index is 12.2. The third kappa shape index (κ3) is 2.88. The van der Waals surface area contributed by atoms with Crippen molar-refractivity contribution in [2.75, 3.05) is 33.4 Å². The van der Waals surface area contributed by atoms with Gasteiger partial charge in [-0.1, -0.05) is 0 Å². The highest BCUT2D eigenvalue weighted by molar-refractivity contribution is 5.90. The second-order valence-electron chi connectivity index (χ2n) is 5.44. The average molecular weight is 278 g/mol. The largest absolute Gasteiger partial charge is 0.486 e. The fraction of sp³-hybridized carbons (Fsp3) is 0.533. The van der Waals surface area contributed by atoms with Gasteiger partial charge in [0.05, 0.1) is 19.2 Å². The van der Waals surface area contributed by atoms with Crippen molar-refractivity contribution < 1.29 is 23.9 Å². The van der Waals surface area contributed by atoms with E-state index in [0.29, 0.717) is 30.3 Å². The van der Waals surface area contributed by atoms with E-state index < -0.39 is 0 Å². The van der Waals surface area contributed by atoms with E-state index in [1.54, 1.807) is 18.2 Å². The lowest BCUT2D eigenvalue weighted by Crippen LogP contribution is -3.11. The number of esters is 1. The van der Waals surface area contributed by atoms with Crippen LogP contribution in [0.15, 0.2) is 18.2 Å². The van der Waals surface area contributed by atoms with Crippen molar-refractivity contribution in [3.05, 3.63) is 23.8 Å². The molecule has 1 aromatic carbocycles. The minimum Gasteiger partial charge on any atom is -0.486 e. The molecule has 108 valence electrons. The predicted molar refractivity (Wildman–Crippen MR) is 72.5 cm³/mol. The van der Waals surface area contributed by atoms with E-state index in [-0.39, 0.29) is 12.1 Å². The highest BCUT2D eigenvalue weighted by Crippen LogP contribution is 2.31. The first-order chi connectivity index (χ1) is 9.72. The lowest BCUT2D eigenvalue weighted by molar-refractivity contribution is -0.888. The van der Waals surface area contributed by atoms with E-state index in [9.17, 15) is 4.79 Å². The first kappa shape index (κ1) is 13.2. The quantitative estimate of drug-likeness (QED) is 0.790. The summed E-state index contributed by atoms with van der Waals surface area (Å²) in [6, 6.07) is 5.20. The smallest absolute Gasteiger partial charge is 0.338 e. The summed E-state index contributed by atoms with van der Waals surface area (Å²) in [7, 11) is 2.13. The fourth-order valence-corrected chi connectivity index (χ4v) is 2.71. The number of nitrogens with one attached hydrogen (secondary N) is 1. The summed E-state index contributed by atoms with van der Waals surface area (Å²) in [6.07, 6.45) is 2.07. The summed E-state index contributed by atoms with van der Waals surface area (Å²) in [5.41, 5.74) is 0.525. The van der Waals surface area contributed by atoms with E-state index >= 15 is 0 Å². The van der Waals surface area contributed by atoms with Crippen molar-refractivity contribution in [1.82, 2.24) is 0 Å². The van der Waals surface area contributed by atoms with Crippen molar-refractivity contribution in [1.29, 1.82) is 0 Å². The maximum Gasteiger partial charge on any atom is 0.338 e. The molecule has 0 bridgehead atoms. The molecular weight excluding hydrogens is 258 g/mol. The molecule has 0 saturated carbocycles. The number of rotatable bonds is 2. The number of hydrogen-bond acceptors (Lipinski definition) is 4. The first-order valence-corrected chi connectivity index (χ1v) is 7.14. The van der Waals surface area contributed by atoms with Gasteiger partial charge in [0.25, 0.3) is 0 Å². The SMILES string of the molecule is C[NH+]1CCCC(OC(=O)c2ccc3c(c2)OCCO3)C1. The Labute approximate surface area is 118 Å². The fourth-order valence-electron chi connectivity index (χ4n) is 2.71. The summed E-state index contributed by atoms with van der Waals surface area (Å²) in [4.78, 5) is 13.6. The van der Waals surface area contributed by atoms with Gasteiger partial charge in [0.1, 0.15) is 19.8 Å². The van der Waals surface area contributed by atoms with Gasteiger partial charge in [-0.2, -0.15) is 0 Å². The molecule has 0 aromatic heterocycles. The van der Waals surface area contributed by atoms with Crippen molar-refractivity contribution in [3.8, 4) is 11.5 Å². The standard InChI is InChI=1S/C15H19NO4/c1-16-6-2-3-12(10-16)20-15(17)11-4-5-13-14(9-11)19-8-7-18-13/h4-5,9,12H,2-3,6-8,10H2,1H3/p+1. The maximum atomic E-state index is 12.2. The summed E-state index contributed by atoms with van der Waals surface area (Å²) < 4.78 is 16.5.